The fraction of sp³-hybridized carbons (Fsp3) is 0.0556. The van der Waals surface area contributed by atoms with E-state index in [0.717, 1.165) is 0 Å². The van der Waals surface area contributed by atoms with Crippen molar-refractivity contribution in [3.63, 3.8) is 0 Å². The van der Waals surface area contributed by atoms with E-state index in [1.807, 2.05) is 24.4 Å². The Labute approximate surface area is 165 Å². The molecule has 4 aromatic rings. The van der Waals surface area contributed by atoms with Crippen LogP contribution in [0.15, 0.2) is 63.8 Å². The third-order valence-corrected chi connectivity index (χ3v) is 5.85. The second kappa shape index (κ2) is 7.05. The van der Waals surface area contributed by atoms with Gasteiger partial charge in [-0.25, -0.2) is 0 Å². The SMILES string of the molecule is O=C(Nc1ccn(Cc2cccc3ccccc23)n1)c1n[nH]c(Br)c1Br. The molecule has 0 radical (unpaired) electrons. The average molecular weight is 475 g/mol. The molecular formula is C18H13Br2N5O. The lowest BCUT2D eigenvalue weighted by Crippen LogP contribution is -2.14. The molecule has 2 aromatic heterocycles. The van der Waals surface area contributed by atoms with Crippen molar-refractivity contribution in [2.24, 2.45) is 0 Å². The maximum Gasteiger partial charge on any atom is 0.278 e. The monoisotopic (exact) mass is 473 g/mol. The molecule has 0 spiro atoms. The van der Waals surface area contributed by atoms with Gasteiger partial charge >= 0.3 is 0 Å². The van der Waals surface area contributed by atoms with Gasteiger partial charge in [0, 0.05) is 12.3 Å². The summed E-state index contributed by atoms with van der Waals surface area (Å²) in [6, 6.07) is 16.2. The fourth-order valence-electron chi connectivity index (χ4n) is 2.75. The number of aromatic nitrogens is 4. The van der Waals surface area contributed by atoms with Gasteiger partial charge in [-0.3, -0.25) is 14.6 Å². The smallest absolute Gasteiger partial charge is 0.278 e. The summed E-state index contributed by atoms with van der Waals surface area (Å²) >= 11 is 6.58. The van der Waals surface area contributed by atoms with Gasteiger partial charge < -0.3 is 5.32 Å². The van der Waals surface area contributed by atoms with Crippen LogP contribution in [0.3, 0.4) is 0 Å². The molecule has 26 heavy (non-hydrogen) atoms. The van der Waals surface area contributed by atoms with Crippen LogP contribution in [-0.2, 0) is 6.54 Å². The van der Waals surface area contributed by atoms with E-state index in [2.05, 4.69) is 76.7 Å². The highest BCUT2D eigenvalue weighted by Gasteiger charge is 2.17. The van der Waals surface area contributed by atoms with Gasteiger partial charge in [0.1, 0.15) is 4.60 Å². The maximum atomic E-state index is 12.3. The molecular weight excluding hydrogens is 462 g/mol. The van der Waals surface area contributed by atoms with Crippen molar-refractivity contribution >= 4 is 54.4 Å². The highest BCUT2D eigenvalue weighted by Crippen LogP contribution is 2.24. The molecule has 2 N–H and O–H groups in total. The summed E-state index contributed by atoms with van der Waals surface area (Å²) in [6.45, 7) is 0.620. The number of benzene rings is 2. The Balaban J connectivity index is 1.53. The molecule has 0 saturated carbocycles. The number of amides is 1. The number of rotatable bonds is 4. The zero-order valence-corrected chi connectivity index (χ0v) is 16.6. The molecule has 2 aromatic carbocycles. The van der Waals surface area contributed by atoms with Crippen molar-refractivity contribution in [2.75, 3.05) is 5.32 Å². The van der Waals surface area contributed by atoms with E-state index < -0.39 is 0 Å². The molecule has 0 bridgehead atoms. The number of H-pyrrole nitrogens is 1. The highest BCUT2D eigenvalue weighted by atomic mass is 79.9. The summed E-state index contributed by atoms with van der Waals surface area (Å²) in [4.78, 5) is 12.3. The molecule has 4 rings (SSSR count). The number of fused-ring (bicyclic) bond motifs is 1. The van der Waals surface area contributed by atoms with Crippen LogP contribution < -0.4 is 5.32 Å². The largest absolute Gasteiger partial charge is 0.304 e. The molecule has 0 aliphatic carbocycles. The summed E-state index contributed by atoms with van der Waals surface area (Å²) in [7, 11) is 0. The number of aromatic amines is 1. The molecule has 8 heteroatoms. The summed E-state index contributed by atoms with van der Waals surface area (Å²) in [5, 5.41) is 16.2. The van der Waals surface area contributed by atoms with E-state index in [-0.39, 0.29) is 11.6 Å². The Kier molecular flexibility index (Phi) is 4.60. The first-order chi connectivity index (χ1) is 12.6. The summed E-state index contributed by atoms with van der Waals surface area (Å²) in [6.07, 6.45) is 1.84. The first-order valence-electron chi connectivity index (χ1n) is 7.82. The Morgan fingerprint density at radius 2 is 1.92 bits per heavy atom. The molecule has 0 aliphatic rings. The van der Waals surface area contributed by atoms with E-state index >= 15 is 0 Å². The van der Waals surface area contributed by atoms with E-state index in [0.29, 0.717) is 21.4 Å². The van der Waals surface area contributed by atoms with Crippen molar-refractivity contribution in [3.8, 4) is 0 Å². The summed E-state index contributed by atoms with van der Waals surface area (Å²) in [5.74, 6) is 0.135. The maximum absolute atomic E-state index is 12.3. The minimum absolute atomic E-state index is 0.264. The van der Waals surface area contributed by atoms with E-state index in [4.69, 9.17) is 0 Å². The standard InChI is InChI=1S/C18H13Br2N5O/c19-15-16(22-23-17(15)20)18(26)21-14-8-9-25(24-14)10-12-6-3-5-11-4-1-2-7-13(11)12/h1-9H,10H2,(H,22,23)(H,21,24,26). The molecule has 130 valence electrons. The first-order valence-corrected chi connectivity index (χ1v) is 9.41. The molecule has 2 heterocycles. The number of nitrogens with one attached hydrogen (secondary N) is 2. The number of carbonyl (C=O) groups is 1. The Morgan fingerprint density at radius 1 is 1.12 bits per heavy atom. The molecule has 6 nitrogen and oxygen atoms in total. The van der Waals surface area contributed by atoms with Crippen LogP contribution in [0.5, 0.6) is 0 Å². The van der Waals surface area contributed by atoms with Crippen LogP contribution in [0.1, 0.15) is 16.1 Å². The van der Waals surface area contributed by atoms with E-state index in [9.17, 15) is 4.79 Å². The summed E-state index contributed by atoms with van der Waals surface area (Å²) < 4.78 is 2.99. The van der Waals surface area contributed by atoms with Crippen LogP contribution >= 0.6 is 31.9 Å². The zero-order valence-electron chi connectivity index (χ0n) is 13.4. The van der Waals surface area contributed by atoms with Crippen molar-refractivity contribution in [1.29, 1.82) is 0 Å². The lowest BCUT2D eigenvalue weighted by Gasteiger charge is -2.07. The molecule has 0 fully saturated rings. The van der Waals surface area contributed by atoms with Gasteiger partial charge in [0.25, 0.3) is 5.91 Å². The number of hydrogen-bond donors (Lipinski definition) is 2. The van der Waals surface area contributed by atoms with Gasteiger partial charge in [0.2, 0.25) is 0 Å². The average Bonchev–Trinajstić information content (AvgIpc) is 3.22. The van der Waals surface area contributed by atoms with Crippen LogP contribution in [0.25, 0.3) is 10.8 Å². The van der Waals surface area contributed by atoms with Crippen LogP contribution in [0.2, 0.25) is 0 Å². The lowest BCUT2D eigenvalue weighted by atomic mass is 10.0. The third kappa shape index (κ3) is 3.30. The van der Waals surface area contributed by atoms with Gasteiger partial charge in [-0.05, 0) is 48.2 Å². The van der Waals surface area contributed by atoms with Gasteiger partial charge in [0.05, 0.1) is 11.0 Å². The fourth-order valence-corrected chi connectivity index (χ4v) is 3.39. The second-order valence-electron chi connectivity index (χ2n) is 5.69. The Morgan fingerprint density at radius 3 is 2.73 bits per heavy atom. The van der Waals surface area contributed by atoms with Gasteiger partial charge in [-0.2, -0.15) is 10.2 Å². The van der Waals surface area contributed by atoms with Crippen LogP contribution in [0.4, 0.5) is 5.82 Å². The normalized spacial score (nSPS) is 11.0. The second-order valence-corrected chi connectivity index (χ2v) is 7.28. The minimum Gasteiger partial charge on any atom is -0.304 e. The predicted octanol–water partition coefficient (Wildman–Crippen LogP) is 4.59. The number of hydrogen-bond acceptors (Lipinski definition) is 3. The Hall–Kier alpha value is -2.45. The van der Waals surface area contributed by atoms with E-state index in [1.54, 1.807) is 10.7 Å². The third-order valence-electron chi connectivity index (χ3n) is 3.98. The first kappa shape index (κ1) is 17.0. The predicted molar refractivity (Wildman–Crippen MR) is 107 cm³/mol. The van der Waals surface area contributed by atoms with Crippen molar-refractivity contribution < 1.29 is 4.79 Å². The van der Waals surface area contributed by atoms with Gasteiger partial charge in [-0.15, -0.1) is 0 Å². The van der Waals surface area contributed by atoms with Gasteiger partial charge in [0.15, 0.2) is 11.5 Å². The van der Waals surface area contributed by atoms with E-state index in [1.165, 1.54) is 16.3 Å². The molecule has 0 saturated heterocycles. The molecule has 1 amide bonds. The van der Waals surface area contributed by atoms with Crippen molar-refractivity contribution in [3.05, 3.63) is 75.1 Å². The van der Waals surface area contributed by atoms with Gasteiger partial charge in [-0.1, -0.05) is 42.5 Å². The number of halogens is 2. The summed E-state index contributed by atoms with van der Waals surface area (Å²) in [5.41, 5.74) is 1.43. The molecule has 0 aliphatic heterocycles. The highest BCUT2D eigenvalue weighted by molar-refractivity contribution is 9.13. The minimum atomic E-state index is -0.339. The van der Waals surface area contributed by atoms with Crippen LogP contribution in [0, 0.1) is 0 Å². The van der Waals surface area contributed by atoms with Crippen molar-refractivity contribution in [2.45, 2.75) is 6.54 Å². The number of nitrogens with zero attached hydrogens (tertiary/aromatic N) is 3. The lowest BCUT2D eigenvalue weighted by molar-refractivity contribution is 0.102. The quantitative estimate of drug-likeness (QED) is 0.454. The molecule has 0 atom stereocenters. The van der Waals surface area contributed by atoms with Crippen LogP contribution in [-0.4, -0.2) is 25.9 Å². The van der Waals surface area contributed by atoms with Crippen molar-refractivity contribution in [1.82, 2.24) is 20.0 Å². The molecule has 0 unspecified atom stereocenters. The number of anilines is 1. The number of carbonyl (C=O) groups excluding carboxylic acids is 1. The Bertz CT molecular complexity index is 1100. The topological polar surface area (TPSA) is 75.6 Å². The zero-order chi connectivity index (χ0) is 18.1.